The summed E-state index contributed by atoms with van der Waals surface area (Å²) in [6.45, 7) is 3.81. The van der Waals surface area contributed by atoms with Gasteiger partial charge in [0.2, 0.25) is 5.91 Å². The molecule has 5 rings (SSSR count). The molecule has 3 aromatic heterocycles. The number of amides is 1. The lowest BCUT2D eigenvalue weighted by atomic mass is 9.97. The van der Waals surface area contributed by atoms with E-state index in [0.29, 0.717) is 6.42 Å². The highest BCUT2D eigenvalue weighted by Crippen LogP contribution is 2.27. The van der Waals surface area contributed by atoms with Crippen LogP contribution in [0.2, 0.25) is 0 Å². The van der Waals surface area contributed by atoms with Crippen LogP contribution in [0, 0.1) is 0 Å². The Morgan fingerprint density at radius 3 is 2.86 bits per heavy atom. The first-order valence-electron chi connectivity index (χ1n) is 10.2. The van der Waals surface area contributed by atoms with Crippen LogP contribution >= 0.6 is 11.3 Å². The van der Waals surface area contributed by atoms with Gasteiger partial charge in [0.1, 0.15) is 0 Å². The summed E-state index contributed by atoms with van der Waals surface area (Å²) in [5.74, 6) is 1.30. The molecule has 2 aliphatic rings. The largest absolute Gasteiger partial charge is 0.370 e. The van der Waals surface area contributed by atoms with Gasteiger partial charge < -0.3 is 9.80 Å². The smallest absolute Gasteiger partial charge is 0.227 e. The van der Waals surface area contributed by atoms with Crippen molar-refractivity contribution in [1.29, 1.82) is 0 Å². The van der Waals surface area contributed by atoms with Crippen LogP contribution in [0.25, 0.3) is 5.65 Å². The standard InChI is InChI=1S/C21H25N5OS/c27-20(13-18-6-4-12-28-18)25-11-3-5-16(14-25)21-22-19-8-7-17(15-26(19)23-21)24-9-1-2-10-24/h4,6-8,12,15-16H,1-3,5,9-11,13-14H2. The van der Waals surface area contributed by atoms with Gasteiger partial charge in [-0.25, -0.2) is 9.50 Å². The normalized spacial score (nSPS) is 20.2. The van der Waals surface area contributed by atoms with Gasteiger partial charge >= 0.3 is 0 Å². The van der Waals surface area contributed by atoms with Gasteiger partial charge in [0.05, 0.1) is 18.3 Å². The molecule has 0 bridgehead atoms. The number of carbonyl (C=O) groups excluding carboxylic acids is 1. The number of likely N-dealkylation sites (tertiary alicyclic amines) is 1. The molecule has 1 unspecified atom stereocenters. The predicted octanol–water partition coefficient (Wildman–Crippen LogP) is 3.34. The van der Waals surface area contributed by atoms with E-state index in [9.17, 15) is 4.79 Å². The molecule has 0 aromatic carbocycles. The lowest BCUT2D eigenvalue weighted by Crippen LogP contribution is -2.40. The Morgan fingerprint density at radius 2 is 2.04 bits per heavy atom. The van der Waals surface area contributed by atoms with Crippen LogP contribution < -0.4 is 4.90 Å². The number of hydrogen-bond acceptors (Lipinski definition) is 5. The fraction of sp³-hybridized carbons (Fsp3) is 0.476. The molecule has 2 saturated heterocycles. The molecule has 1 amide bonds. The van der Waals surface area contributed by atoms with E-state index in [0.717, 1.165) is 55.4 Å². The molecule has 6 nitrogen and oxygen atoms in total. The number of aromatic nitrogens is 3. The summed E-state index contributed by atoms with van der Waals surface area (Å²) in [4.78, 5) is 23.0. The van der Waals surface area contributed by atoms with E-state index in [2.05, 4.69) is 23.2 Å². The summed E-state index contributed by atoms with van der Waals surface area (Å²) in [5.41, 5.74) is 2.11. The first kappa shape index (κ1) is 17.7. The van der Waals surface area contributed by atoms with Crippen molar-refractivity contribution in [2.75, 3.05) is 31.1 Å². The van der Waals surface area contributed by atoms with E-state index in [-0.39, 0.29) is 11.8 Å². The Bertz CT molecular complexity index is 961. The number of rotatable bonds is 4. The minimum atomic E-state index is 0.215. The monoisotopic (exact) mass is 395 g/mol. The van der Waals surface area contributed by atoms with Crippen LogP contribution in [0.1, 0.15) is 42.3 Å². The average molecular weight is 396 g/mol. The van der Waals surface area contributed by atoms with Gasteiger partial charge in [0, 0.05) is 37.0 Å². The molecule has 0 saturated carbocycles. The van der Waals surface area contributed by atoms with E-state index < -0.39 is 0 Å². The minimum Gasteiger partial charge on any atom is -0.370 e. The molecule has 28 heavy (non-hydrogen) atoms. The molecule has 0 N–H and O–H groups in total. The van der Waals surface area contributed by atoms with Crippen molar-refractivity contribution < 1.29 is 4.79 Å². The molecular weight excluding hydrogens is 370 g/mol. The third kappa shape index (κ3) is 3.51. The van der Waals surface area contributed by atoms with Crippen LogP contribution in [0.3, 0.4) is 0 Å². The lowest BCUT2D eigenvalue weighted by Gasteiger charge is -2.31. The van der Waals surface area contributed by atoms with Crippen LogP contribution in [0.4, 0.5) is 5.69 Å². The summed E-state index contributed by atoms with van der Waals surface area (Å²) in [7, 11) is 0. The van der Waals surface area contributed by atoms with Gasteiger partial charge in [-0.05, 0) is 49.3 Å². The van der Waals surface area contributed by atoms with Crippen molar-refractivity contribution in [2.24, 2.45) is 0 Å². The molecule has 2 fully saturated rings. The van der Waals surface area contributed by atoms with Crippen LogP contribution in [0.5, 0.6) is 0 Å². The van der Waals surface area contributed by atoms with E-state index in [1.54, 1.807) is 11.3 Å². The fourth-order valence-electron chi connectivity index (χ4n) is 4.31. The number of nitrogens with zero attached hydrogens (tertiary/aromatic N) is 5. The highest BCUT2D eigenvalue weighted by molar-refractivity contribution is 7.10. The Morgan fingerprint density at radius 1 is 1.14 bits per heavy atom. The molecule has 146 valence electrons. The van der Waals surface area contributed by atoms with Gasteiger partial charge in [-0.2, -0.15) is 5.10 Å². The first-order chi connectivity index (χ1) is 13.8. The van der Waals surface area contributed by atoms with Crippen molar-refractivity contribution in [3.8, 4) is 0 Å². The molecule has 0 aliphatic carbocycles. The van der Waals surface area contributed by atoms with E-state index >= 15 is 0 Å². The summed E-state index contributed by atoms with van der Waals surface area (Å²) < 4.78 is 1.91. The molecule has 1 atom stereocenters. The molecule has 3 aromatic rings. The SMILES string of the molecule is O=C(Cc1cccs1)N1CCCC(c2nc3ccc(N4CCCC4)cn3n2)C1. The van der Waals surface area contributed by atoms with Crippen molar-refractivity contribution >= 4 is 28.6 Å². The third-order valence-corrected chi connectivity index (χ3v) is 6.72. The quantitative estimate of drug-likeness (QED) is 0.680. The maximum atomic E-state index is 12.7. The van der Waals surface area contributed by atoms with Gasteiger partial charge in [0.15, 0.2) is 11.5 Å². The Kier molecular flexibility index (Phi) is 4.76. The fourth-order valence-corrected chi connectivity index (χ4v) is 5.01. The maximum Gasteiger partial charge on any atom is 0.227 e. The van der Waals surface area contributed by atoms with Gasteiger partial charge in [-0.3, -0.25) is 4.79 Å². The topological polar surface area (TPSA) is 53.7 Å². The summed E-state index contributed by atoms with van der Waals surface area (Å²) >= 11 is 1.65. The van der Waals surface area contributed by atoms with E-state index in [4.69, 9.17) is 10.1 Å². The maximum absolute atomic E-state index is 12.7. The second-order valence-corrected chi connectivity index (χ2v) is 8.82. The zero-order valence-electron chi connectivity index (χ0n) is 16.0. The minimum absolute atomic E-state index is 0.215. The lowest BCUT2D eigenvalue weighted by molar-refractivity contribution is -0.131. The summed E-state index contributed by atoms with van der Waals surface area (Å²) in [6.07, 6.45) is 7.17. The van der Waals surface area contributed by atoms with Gasteiger partial charge in [0.25, 0.3) is 0 Å². The van der Waals surface area contributed by atoms with Gasteiger partial charge in [-0.1, -0.05) is 6.07 Å². The number of pyridine rings is 1. The van der Waals surface area contributed by atoms with Crippen molar-refractivity contribution in [3.05, 3.63) is 46.5 Å². The predicted molar refractivity (Wildman–Crippen MR) is 111 cm³/mol. The number of thiophene rings is 1. The van der Waals surface area contributed by atoms with Crippen molar-refractivity contribution in [1.82, 2.24) is 19.5 Å². The Hall–Kier alpha value is -2.41. The second-order valence-electron chi connectivity index (χ2n) is 7.79. The zero-order chi connectivity index (χ0) is 18.9. The first-order valence-corrected chi connectivity index (χ1v) is 11.1. The number of carbonyl (C=O) groups is 1. The van der Waals surface area contributed by atoms with E-state index in [1.807, 2.05) is 26.9 Å². The number of anilines is 1. The Labute approximate surface area is 168 Å². The number of hydrogen-bond donors (Lipinski definition) is 0. The van der Waals surface area contributed by atoms with Crippen molar-refractivity contribution in [3.63, 3.8) is 0 Å². The number of piperidine rings is 1. The zero-order valence-corrected chi connectivity index (χ0v) is 16.8. The van der Waals surface area contributed by atoms with Crippen LogP contribution in [-0.4, -0.2) is 51.6 Å². The summed E-state index contributed by atoms with van der Waals surface area (Å²) in [5, 5.41) is 6.81. The average Bonchev–Trinajstić information content (AvgIpc) is 3.48. The van der Waals surface area contributed by atoms with Crippen LogP contribution in [-0.2, 0) is 11.2 Å². The molecule has 5 heterocycles. The van der Waals surface area contributed by atoms with E-state index in [1.165, 1.54) is 18.5 Å². The molecule has 0 radical (unpaired) electrons. The second kappa shape index (κ2) is 7.54. The van der Waals surface area contributed by atoms with Crippen molar-refractivity contribution in [2.45, 2.75) is 38.0 Å². The molecule has 7 heteroatoms. The van der Waals surface area contributed by atoms with Crippen LogP contribution in [0.15, 0.2) is 35.8 Å². The summed E-state index contributed by atoms with van der Waals surface area (Å²) in [6, 6.07) is 8.25. The molecular formula is C21H25N5OS. The third-order valence-electron chi connectivity index (χ3n) is 5.85. The van der Waals surface area contributed by atoms with Gasteiger partial charge in [-0.15, -0.1) is 11.3 Å². The highest BCUT2D eigenvalue weighted by Gasteiger charge is 2.27. The molecule has 2 aliphatic heterocycles. The number of fused-ring (bicyclic) bond motifs is 1. The molecule has 0 spiro atoms. The highest BCUT2D eigenvalue weighted by atomic mass is 32.1. The Balaban J connectivity index is 1.32.